The van der Waals surface area contributed by atoms with E-state index in [0.29, 0.717) is 13.1 Å². The molecule has 28 heavy (non-hydrogen) atoms. The molecule has 2 aromatic rings. The predicted octanol–water partition coefficient (Wildman–Crippen LogP) is 3.75. The molecule has 2 aliphatic rings. The number of alkyl halides is 3. The number of carbonyl (C=O) groups is 1. The minimum Gasteiger partial charge on any atom is -0.337 e. The number of halogens is 3. The lowest BCUT2D eigenvalue weighted by Crippen LogP contribution is -2.66. The van der Waals surface area contributed by atoms with Gasteiger partial charge in [-0.2, -0.15) is 13.2 Å². The molecule has 5 nitrogen and oxygen atoms in total. The summed E-state index contributed by atoms with van der Waals surface area (Å²) >= 11 is 1.67. The van der Waals surface area contributed by atoms with Gasteiger partial charge in [-0.05, 0) is 38.3 Å². The van der Waals surface area contributed by atoms with E-state index in [0.717, 1.165) is 49.6 Å². The van der Waals surface area contributed by atoms with Crippen LogP contribution in [0.3, 0.4) is 0 Å². The van der Waals surface area contributed by atoms with Gasteiger partial charge in [-0.15, -0.1) is 11.3 Å². The lowest BCUT2D eigenvalue weighted by molar-refractivity contribution is -0.141. The van der Waals surface area contributed by atoms with E-state index in [1.54, 1.807) is 16.2 Å². The van der Waals surface area contributed by atoms with Crippen LogP contribution >= 0.6 is 11.3 Å². The predicted molar refractivity (Wildman–Crippen MR) is 99.0 cm³/mol. The van der Waals surface area contributed by atoms with Gasteiger partial charge in [0.1, 0.15) is 5.69 Å². The van der Waals surface area contributed by atoms with Crippen molar-refractivity contribution in [3.05, 3.63) is 45.7 Å². The Balaban J connectivity index is 1.48. The van der Waals surface area contributed by atoms with Gasteiger partial charge < -0.3 is 4.90 Å². The molecule has 2 aliphatic heterocycles. The first-order valence-corrected chi connectivity index (χ1v) is 10.1. The molecule has 0 aromatic carbocycles. The van der Waals surface area contributed by atoms with Gasteiger partial charge in [0.15, 0.2) is 0 Å². The van der Waals surface area contributed by atoms with E-state index in [1.165, 1.54) is 10.9 Å². The summed E-state index contributed by atoms with van der Waals surface area (Å²) in [6.45, 7) is 4.86. The highest BCUT2D eigenvalue weighted by molar-refractivity contribution is 7.11. The molecule has 0 N–H and O–H groups in total. The first-order chi connectivity index (χ1) is 13.3. The van der Waals surface area contributed by atoms with E-state index in [9.17, 15) is 18.0 Å². The fourth-order valence-electron chi connectivity index (χ4n) is 4.15. The molecule has 0 saturated carbocycles. The standard InChI is InChI=1S/C19H21F3N4OS/c1-13-24-10-15(28-13)11-26-8-5-18(26)4-2-7-25(12-18)17(27)14-3-6-23-16(9-14)19(20,21)22/h3,6,9-10H,2,4-5,7-8,11-12H2,1H3/t18-/m0/s1. The zero-order valence-corrected chi connectivity index (χ0v) is 16.3. The number of pyridine rings is 1. The number of thiazole rings is 1. The molecule has 1 atom stereocenters. The fourth-order valence-corrected chi connectivity index (χ4v) is 4.96. The number of nitrogens with zero attached hydrogens (tertiary/aromatic N) is 4. The third-order valence-corrected chi connectivity index (χ3v) is 6.57. The minimum absolute atomic E-state index is 0.0448. The molecule has 4 rings (SSSR count). The second-order valence-corrected chi connectivity index (χ2v) is 8.82. The van der Waals surface area contributed by atoms with Gasteiger partial charge in [0, 0.05) is 54.6 Å². The number of likely N-dealkylation sites (tertiary alicyclic amines) is 2. The SMILES string of the molecule is Cc1ncc(CN2CC[C@]23CCCN(C(=O)c2ccnc(C(F)(F)F)c2)C3)s1. The van der Waals surface area contributed by atoms with Crippen molar-refractivity contribution in [1.29, 1.82) is 0 Å². The van der Waals surface area contributed by atoms with Crippen LogP contribution in [-0.2, 0) is 12.7 Å². The van der Waals surface area contributed by atoms with E-state index < -0.39 is 11.9 Å². The number of piperidine rings is 1. The van der Waals surface area contributed by atoms with Gasteiger partial charge >= 0.3 is 6.18 Å². The third-order valence-electron chi connectivity index (χ3n) is 5.67. The van der Waals surface area contributed by atoms with Crippen LogP contribution in [0.25, 0.3) is 0 Å². The molecule has 1 spiro atoms. The summed E-state index contributed by atoms with van der Waals surface area (Å²) in [7, 11) is 0. The Labute approximate surface area is 165 Å². The maximum Gasteiger partial charge on any atom is 0.433 e. The molecule has 2 aromatic heterocycles. The fraction of sp³-hybridized carbons (Fsp3) is 0.526. The number of hydrogen-bond acceptors (Lipinski definition) is 5. The lowest BCUT2D eigenvalue weighted by Gasteiger charge is -2.57. The van der Waals surface area contributed by atoms with Crippen LogP contribution < -0.4 is 0 Å². The van der Waals surface area contributed by atoms with Gasteiger partial charge in [-0.1, -0.05) is 0 Å². The largest absolute Gasteiger partial charge is 0.433 e. The summed E-state index contributed by atoms with van der Waals surface area (Å²) < 4.78 is 38.8. The van der Waals surface area contributed by atoms with Crippen LogP contribution in [0.2, 0.25) is 0 Å². The molecular formula is C19H21F3N4OS. The molecule has 1 amide bonds. The molecule has 2 saturated heterocycles. The summed E-state index contributed by atoms with van der Waals surface area (Å²) in [6.07, 6.45) is 1.24. The first-order valence-electron chi connectivity index (χ1n) is 9.26. The number of hydrogen-bond donors (Lipinski definition) is 0. The van der Waals surface area contributed by atoms with Crippen molar-refractivity contribution in [3.8, 4) is 0 Å². The molecular weight excluding hydrogens is 389 g/mol. The van der Waals surface area contributed by atoms with Gasteiger partial charge in [-0.25, -0.2) is 4.98 Å². The third kappa shape index (κ3) is 3.65. The maximum absolute atomic E-state index is 12.9. The summed E-state index contributed by atoms with van der Waals surface area (Å²) in [5, 5.41) is 1.03. The van der Waals surface area contributed by atoms with Gasteiger partial charge in [-0.3, -0.25) is 14.7 Å². The highest BCUT2D eigenvalue weighted by Crippen LogP contribution is 2.40. The first kappa shape index (κ1) is 19.3. The average Bonchev–Trinajstić information content (AvgIpc) is 3.09. The van der Waals surface area contributed by atoms with E-state index in [-0.39, 0.29) is 17.0 Å². The van der Waals surface area contributed by atoms with Crippen molar-refractivity contribution in [3.63, 3.8) is 0 Å². The average molecular weight is 410 g/mol. The van der Waals surface area contributed by atoms with Crippen LogP contribution in [-0.4, -0.2) is 50.8 Å². The van der Waals surface area contributed by atoms with Crippen molar-refractivity contribution in [1.82, 2.24) is 19.8 Å². The van der Waals surface area contributed by atoms with Crippen LogP contribution in [0.5, 0.6) is 0 Å². The zero-order valence-electron chi connectivity index (χ0n) is 15.5. The van der Waals surface area contributed by atoms with Gasteiger partial charge in [0.25, 0.3) is 5.91 Å². The van der Waals surface area contributed by atoms with Crippen LogP contribution in [0.15, 0.2) is 24.5 Å². The highest BCUT2D eigenvalue weighted by atomic mass is 32.1. The smallest absolute Gasteiger partial charge is 0.337 e. The number of aryl methyl sites for hydroxylation is 1. The summed E-state index contributed by atoms with van der Waals surface area (Å²) in [5.41, 5.74) is -1.06. The second kappa shape index (κ2) is 7.11. The number of carbonyl (C=O) groups excluding carboxylic acids is 1. The topological polar surface area (TPSA) is 49.3 Å². The van der Waals surface area contributed by atoms with Crippen molar-refractivity contribution < 1.29 is 18.0 Å². The molecule has 0 bridgehead atoms. The van der Waals surface area contributed by atoms with Crippen molar-refractivity contribution >= 4 is 17.2 Å². The highest BCUT2D eigenvalue weighted by Gasteiger charge is 2.48. The Morgan fingerprint density at radius 1 is 1.29 bits per heavy atom. The molecule has 2 fully saturated rings. The summed E-state index contributed by atoms with van der Waals surface area (Å²) in [5.74, 6) is -0.354. The Kier molecular flexibility index (Phi) is 4.91. The Hall–Kier alpha value is -2.00. The van der Waals surface area contributed by atoms with E-state index >= 15 is 0 Å². The van der Waals surface area contributed by atoms with E-state index in [2.05, 4.69) is 14.9 Å². The monoisotopic (exact) mass is 410 g/mol. The van der Waals surface area contributed by atoms with Crippen molar-refractivity contribution in [2.45, 2.75) is 44.4 Å². The van der Waals surface area contributed by atoms with E-state index in [1.807, 2.05) is 13.1 Å². The number of aromatic nitrogens is 2. The Morgan fingerprint density at radius 2 is 2.11 bits per heavy atom. The molecule has 150 valence electrons. The Morgan fingerprint density at radius 3 is 2.75 bits per heavy atom. The maximum atomic E-state index is 12.9. The molecule has 4 heterocycles. The van der Waals surface area contributed by atoms with Crippen molar-refractivity contribution in [2.75, 3.05) is 19.6 Å². The van der Waals surface area contributed by atoms with Crippen LogP contribution in [0.1, 0.15) is 45.2 Å². The second-order valence-electron chi connectivity index (χ2n) is 7.50. The van der Waals surface area contributed by atoms with Crippen LogP contribution in [0, 0.1) is 6.92 Å². The van der Waals surface area contributed by atoms with E-state index in [4.69, 9.17) is 0 Å². The zero-order chi connectivity index (χ0) is 19.9. The summed E-state index contributed by atoms with van der Waals surface area (Å²) in [4.78, 5) is 25.8. The lowest BCUT2D eigenvalue weighted by atomic mass is 9.77. The van der Waals surface area contributed by atoms with Gasteiger partial charge in [0.05, 0.1) is 5.01 Å². The number of amides is 1. The molecule has 9 heteroatoms. The summed E-state index contributed by atoms with van der Waals surface area (Å²) in [6, 6.07) is 2.21. The number of rotatable bonds is 3. The minimum atomic E-state index is -4.56. The molecule has 0 aliphatic carbocycles. The quantitative estimate of drug-likeness (QED) is 0.774. The van der Waals surface area contributed by atoms with Crippen molar-refractivity contribution in [2.24, 2.45) is 0 Å². The molecule has 0 unspecified atom stereocenters. The van der Waals surface area contributed by atoms with Gasteiger partial charge in [0.2, 0.25) is 0 Å². The normalized spacial score (nSPS) is 23.1. The van der Waals surface area contributed by atoms with Crippen LogP contribution in [0.4, 0.5) is 13.2 Å². The molecule has 0 radical (unpaired) electrons. The Bertz CT molecular complexity index is 884.